The minimum Gasteiger partial charge on any atom is -0.508 e. The number of hydrogen-bond donors (Lipinski definition) is 1. The second kappa shape index (κ2) is 14.4. The van der Waals surface area contributed by atoms with Gasteiger partial charge >= 0.3 is 0 Å². The number of fused-ring (bicyclic) bond motifs is 1. The van der Waals surface area contributed by atoms with Gasteiger partial charge in [-0.3, -0.25) is 0 Å². The highest BCUT2D eigenvalue weighted by Gasteiger charge is 2.33. The minimum atomic E-state index is 0.109. The Morgan fingerprint density at radius 3 is 2.18 bits per heavy atom. The molecule has 0 amide bonds. The molecule has 2 aliphatic heterocycles. The summed E-state index contributed by atoms with van der Waals surface area (Å²) >= 11 is 0. The van der Waals surface area contributed by atoms with E-state index in [9.17, 15) is 5.11 Å². The van der Waals surface area contributed by atoms with E-state index in [2.05, 4.69) is 53.4 Å². The highest BCUT2D eigenvalue weighted by atomic mass is 16.5. The van der Waals surface area contributed by atoms with Crippen molar-refractivity contribution in [1.29, 1.82) is 0 Å². The summed E-state index contributed by atoms with van der Waals surface area (Å²) in [6.07, 6.45) is 13.4. The molecule has 0 saturated carbocycles. The van der Waals surface area contributed by atoms with Crippen molar-refractivity contribution in [2.45, 2.75) is 76.0 Å². The van der Waals surface area contributed by atoms with Gasteiger partial charge in [0, 0.05) is 17.4 Å². The van der Waals surface area contributed by atoms with Gasteiger partial charge in [0.1, 0.15) is 17.2 Å². The molecule has 208 valence electrons. The second-order valence-corrected chi connectivity index (χ2v) is 11.3. The minimum absolute atomic E-state index is 0.109. The molecule has 0 spiro atoms. The van der Waals surface area contributed by atoms with Crippen molar-refractivity contribution in [2.75, 3.05) is 32.8 Å². The van der Waals surface area contributed by atoms with Gasteiger partial charge in [0.15, 0.2) is 0 Å². The molecule has 2 aliphatic rings. The Kier molecular flexibility index (Phi) is 10.2. The Labute approximate surface area is 235 Å². The van der Waals surface area contributed by atoms with E-state index in [1.54, 1.807) is 6.07 Å². The lowest BCUT2D eigenvalue weighted by molar-refractivity contribution is 0.248. The zero-order valence-corrected chi connectivity index (χ0v) is 23.4. The number of ether oxygens (including phenoxy) is 2. The summed E-state index contributed by atoms with van der Waals surface area (Å²) in [5, 5.41) is 10.2. The molecule has 0 aliphatic carbocycles. The van der Waals surface area contributed by atoms with Crippen LogP contribution in [0.3, 0.4) is 0 Å². The summed E-state index contributed by atoms with van der Waals surface area (Å²) < 4.78 is 12.2. The first-order valence-corrected chi connectivity index (χ1v) is 15.2. The molecule has 4 heteroatoms. The highest BCUT2D eigenvalue weighted by Crippen LogP contribution is 2.47. The van der Waals surface area contributed by atoms with Crippen LogP contribution in [-0.4, -0.2) is 42.9 Å². The third-order valence-corrected chi connectivity index (χ3v) is 8.45. The fourth-order valence-corrected chi connectivity index (χ4v) is 6.27. The van der Waals surface area contributed by atoms with Gasteiger partial charge < -0.3 is 19.5 Å². The number of unbranched alkanes of at least 4 members (excludes halogenated alkanes) is 7. The van der Waals surface area contributed by atoms with Gasteiger partial charge in [-0.1, -0.05) is 81.0 Å². The fraction of sp³-hybridized carbons (Fsp3) is 0.486. The summed E-state index contributed by atoms with van der Waals surface area (Å²) in [6, 6.07) is 24.5. The number of aromatic hydroxyl groups is 1. The monoisotopic (exact) mass is 527 g/mol. The third-order valence-electron chi connectivity index (χ3n) is 8.45. The van der Waals surface area contributed by atoms with Gasteiger partial charge in [-0.2, -0.15) is 0 Å². The number of likely N-dealkylation sites (tertiary alicyclic amines) is 1. The van der Waals surface area contributed by atoms with Gasteiger partial charge in [-0.05, 0) is 86.8 Å². The van der Waals surface area contributed by atoms with Gasteiger partial charge in [-0.15, -0.1) is 0 Å². The normalized spacial score (nSPS) is 19.0. The average Bonchev–Trinajstić information content (AvgIpc) is 3.50. The molecule has 0 bridgehead atoms. The zero-order valence-electron chi connectivity index (χ0n) is 23.4. The molecule has 4 nitrogen and oxygen atoms in total. The van der Waals surface area contributed by atoms with E-state index in [0.717, 1.165) is 30.1 Å². The van der Waals surface area contributed by atoms with Crippen molar-refractivity contribution in [3.8, 4) is 17.2 Å². The molecule has 3 aromatic carbocycles. The summed E-state index contributed by atoms with van der Waals surface area (Å²) in [4.78, 5) is 2.63. The second-order valence-electron chi connectivity index (χ2n) is 11.3. The molecule has 1 saturated heterocycles. The van der Waals surface area contributed by atoms with Gasteiger partial charge in [0.25, 0.3) is 0 Å². The van der Waals surface area contributed by atoms with Crippen LogP contribution in [0, 0.1) is 0 Å². The molecule has 3 aromatic rings. The number of rotatable bonds is 14. The lowest BCUT2D eigenvalue weighted by atomic mass is 9.76. The molecule has 2 heterocycles. The summed E-state index contributed by atoms with van der Waals surface area (Å²) in [5.41, 5.74) is 3.50. The first kappa shape index (κ1) is 27.6. The number of phenols is 1. The van der Waals surface area contributed by atoms with E-state index < -0.39 is 0 Å². The molecule has 1 N–H and O–H groups in total. The predicted molar refractivity (Wildman–Crippen MR) is 159 cm³/mol. The van der Waals surface area contributed by atoms with Crippen LogP contribution in [0.5, 0.6) is 17.2 Å². The van der Waals surface area contributed by atoms with Crippen molar-refractivity contribution >= 4 is 0 Å². The molecular formula is C35H45NO3. The molecule has 0 unspecified atom stereocenters. The van der Waals surface area contributed by atoms with Crippen molar-refractivity contribution in [3.63, 3.8) is 0 Å². The molecule has 2 atom stereocenters. The Bertz CT molecular complexity index is 1120. The van der Waals surface area contributed by atoms with Crippen LogP contribution in [0.4, 0.5) is 0 Å². The van der Waals surface area contributed by atoms with Crippen LogP contribution < -0.4 is 9.47 Å². The summed E-state index contributed by atoms with van der Waals surface area (Å²) in [7, 11) is 0. The molecule has 0 radical (unpaired) electrons. The van der Waals surface area contributed by atoms with E-state index in [0.29, 0.717) is 6.61 Å². The van der Waals surface area contributed by atoms with Gasteiger partial charge in [0.05, 0.1) is 13.2 Å². The fourth-order valence-electron chi connectivity index (χ4n) is 6.27. The highest BCUT2D eigenvalue weighted by molar-refractivity contribution is 5.51. The molecule has 5 rings (SSSR count). The van der Waals surface area contributed by atoms with Crippen LogP contribution >= 0.6 is 0 Å². The molecule has 0 aromatic heterocycles. The topological polar surface area (TPSA) is 41.9 Å². The van der Waals surface area contributed by atoms with E-state index in [-0.39, 0.29) is 17.6 Å². The number of hydrogen-bond acceptors (Lipinski definition) is 4. The smallest absolute Gasteiger partial charge is 0.123 e. The average molecular weight is 528 g/mol. The maximum absolute atomic E-state index is 10.2. The predicted octanol–water partition coefficient (Wildman–Crippen LogP) is 8.30. The lowest BCUT2D eigenvalue weighted by Crippen LogP contribution is -2.25. The summed E-state index contributed by atoms with van der Waals surface area (Å²) in [6.45, 7) is 5.37. The van der Waals surface area contributed by atoms with Crippen molar-refractivity contribution in [3.05, 3.63) is 89.5 Å². The quantitative estimate of drug-likeness (QED) is 0.214. The number of nitrogens with zero attached hydrogens (tertiary/aromatic N) is 1. The Morgan fingerprint density at radius 1 is 0.744 bits per heavy atom. The maximum Gasteiger partial charge on any atom is 0.123 e. The number of phenolic OH excluding ortho intramolecular Hbond substituents is 1. The largest absolute Gasteiger partial charge is 0.508 e. The van der Waals surface area contributed by atoms with Crippen molar-refractivity contribution < 1.29 is 14.6 Å². The van der Waals surface area contributed by atoms with Gasteiger partial charge in [0.2, 0.25) is 0 Å². The van der Waals surface area contributed by atoms with Crippen molar-refractivity contribution in [1.82, 2.24) is 4.90 Å². The van der Waals surface area contributed by atoms with Crippen LogP contribution in [-0.2, 0) is 0 Å². The van der Waals surface area contributed by atoms with Crippen LogP contribution in [0.1, 0.15) is 92.7 Å². The van der Waals surface area contributed by atoms with E-state index in [4.69, 9.17) is 9.47 Å². The van der Waals surface area contributed by atoms with Crippen molar-refractivity contribution in [2.24, 2.45) is 0 Å². The zero-order chi connectivity index (χ0) is 26.7. The Balaban J connectivity index is 1.06. The van der Waals surface area contributed by atoms with E-state index >= 15 is 0 Å². The maximum atomic E-state index is 10.2. The standard InChI is InChI=1S/C35H45NO3/c37-30-18-21-34-32(26-30)35(33(27-39-34)28-14-8-7-9-15-28)29-16-19-31(20-17-29)38-25-13-6-4-2-1-3-5-10-22-36-23-11-12-24-36/h7-9,14-21,26,33,35,37H,1-6,10-13,22-25,27H2/t33-,35+/m0/s1. The summed E-state index contributed by atoms with van der Waals surface area (Å²) in [5.74, 6) is 2.34. The van der Waals surface area contributed by atoms with Crippen LogP contribution in [0.15, 0.2) is 72.8 Å². The molecule has 39 heavy (non-hydrogen) atoms. The molecular weight excluding hydrogens is 482 g/mol. The Hall–Kier alpha value is -2.98. The van der Waals surface area contributed by atoms with E-state index in [1.807, 2.05) is 18.2 Å². The third kappa shape index (κ3) is 7.79. The van der Waals surface area contributed by atoms with Crippen LogP contribution in [0.25, 0.3) is 0 Å². The SMILES string of the molecule is Oc1ccc2c(c1)[C@@H](c1ccc(OCCCCCCCCCCN3CCCC3)cc1)[C@H](c1ccccc1)CO2. The van der Waals surface area contributed by atoms with E-state index in [1.165, 1.54) is 88.5 Å². The molecule has 1 fully saturated rings. The lowest BCUT2D eigenvalue weighted by Gasteiger charge is -2.34. The van der Waals surface area contributed by atoms with Crippen LogP contribution in [0.2, 0.25) is 0 Å². The number of benzene rings is 3. The first-order valence-electron chi connectivity index (χ1n) is 15.2. The first-order chi connectivity index (χ1) is 19.3. The Morgan fingerprint density at radius 2 is 1.44 bits per heavy atom. The van der Waals surface area contributed by atoms with Gasteiger partial charge in [-0.25, -0.2) is 0 Å².